The number of nitrogens with zero attached hydrogens (tertiary/aromatic N) is 2. The zero-order chi connectivity index (χ0) is 16.8. The number of nitrogens with one attached hydrogen (secondary N) is 2. The van der Waals surface area contributed by atoms with Crippen molar-refractivity contribution in [2.24, 2.45) is 5.92 Å². The van der Waals surface area contributed by atoms with Gasteiger partial charge in [0.1, 0.15) is 0 Å². The van der Waals surface area contributed by atoms with E-state index in [0.29, 0.717) is 12.2 Å². The number of rotatable bonds is 5. The van der Waals surface area contributed by atoms with Crippen LogP contribution in [0, 0.1) is 5.92 Å². The summed E-state index contributed by atoms with van der Waals surface area (Å²) in [7, 11) is 0. The lowest BCUT2D eigenvalue weighted by Gasteiger charge is -2.30. The number of amides is 2. The maximum atomic E-state index is 12.2. The molecule has 0 saturated heterocycles. The average molecular weight is 328 g/mol. The second kappa shape index (κ2) is 7.97. The summed E-state index contributed by atoms with van der Waals surface area (Å²) >= 11 is 0. The van der Waals surface area contributed by atoms with E-state index in [4.69, 9.17) is 0 Å². The SMILES string of the molecule is O=C(Nc1cnn(Cc2ccccc2)c1)NC1CCCCC1CO. The largest absolute Gasteiger partial charge is 0.396 e. The van der Waals surface area contributed by atoms with Gasteiger partial charge in [-0.05, 0) is 18.4 Å². The first kappa shape index (κ1) is 16.5. The Balaban J connectivity index is 1.53. The van der Waals surface area contributed by atoms with E-state index < -0.39 is 0 Å². The molecule has 3 rings (SSSR count). The van der Waals surface area contributed by atoms with Crippen LogP contribution in [0.2, 0.25) is 0 Å². The first-order valence-corrected chi connectivity index (χ1v) is 8.49. The predicted octanol–water partition coefficient (Wildman–Crippen LogP) is 2.60. The Hall–Kier alpha value is -2.34. The highest BCUT2D eigenvalue weighted by molar-refractivity contribution is 5.89. The number of anilines is 1. The van der Waals surface area contributed by atoms with Gasteiger partial charge in [0.15, 0.2) is 0 Å². The second-order valence-corrected chi connectivity index (χ2v) is 6.34. The van der Waals surface area contributed by atoms with Gasteiger partial charge in [0.05, 0.1) is 18.4 Å². The minimum Gasteiger partial charge on any atom is -0.396 e. The molecule has 0 radical (unpaired) electrons. The Morgan fingerprint density at radius 3 is 2.83 bits per heavy atom. The second-order valence-electron chi connectivity index (χ2n) is 6.34. The molecule has 0 bridgehead atoms. The van der Waals surface area contributed by atoms with Gasteiger partial charge in [0.25, 0.3) is 0 Å². The molecule has 1 heterocycles. The lowest BCUT2D eigenvalue weighted by atomic mass is 9.85. The van der Waals surface area contributed by atoms with E-state index in [1.54, 1.807) is 10.9 Å². The van der Waals surface area contributed by atoms with Gasteiger partial charge in [-0.2, -0.15) is 5.10 Å². The fourth-order valence-electron chi connectivity index (χ4n) is 3.24. The van der Waals surface area contributed by atoms with Gasteiger partial charge in [0.2, 0.25) is 0 Å². The van der Waals surface area contributed by atoms with Gasteiger partial charge >= 0.3 is 6.03 Å². The fraction of sp³-hybridized carbons (Fsp3) is 0.444. The zero-order valence-electron chi connectivity index (χ0n) is 13.7. The Bertz CT molecular complexity index is 656. The number of carbonyl (C=O) groups excluding carboxylic acids is 1. The molecule has 6 nitrogen and oxygen atoms in total. The van der Waals surface area contributed by atoms with Crippen molar-refractivity contribution in [2.45, 2.75) is 38.3 Å². The van der Waals surface area contributed by atoms with Crippen LogP contribution in [0.1, 0.15) is 31.2 Å². The van der Waals surface area contributed by atoms with Crippen molar-refractivity contribution in [2.75, 3.05) is 11.9 Å². The minimum absolute atomic E-state index is 0.0445. The molecular formula is C18H24N4O2. The Labute approximate surface area is 141 Å². The predicted molar refractivity (Wildman–Crippen MR) is 92.8 cm³/mol. The number of benzene rings is 1. The van der Waals surface area contributed by atoms with Gasteiger partial charge < -0.3 is 15.7 Å². The molecule has 1 aromatic heterocycles. The minimum atomic E-state index is -0.236. The van der Waals surface area contributed by atoms with Crippen LogP contribution in [-0.4, -0.2) is 33.6 Å². The van der Waals surface area contributed by atoms with Crippen LogP contribution in [-0.2, 0) is 6.54 Å². The van der Waals surface area contributed by atoms with E-state index >= 15 is 0 Å². The number of hydrogen-bond acceptors (Lipinski definition) is 3. The van der Waals surface area contributed by atoms with Crippen LogP contribution in [0.4, 0.5) is 10.5 Å². The maximum absolute atomic E-state index is 12.2. The van der Waals surface area contributed by atoms with Crippen LogP contribution in [0.15, 0.2) is 42.7 Å². The summed E-state index contributed by atoms with van der Waals surface area (Å²) in [6.45, 7) is 0.791. The van der Waals surface area contributed by atoms with E-state index in [2.05, 4.69) is 15.7 Å². The van der Waals surface area contributed by atoms with E-state index in [0.717, 1.165) is 31.2 Å². The van der Waals surface area contributed by atoms with Crippen molar-refractivity contribution < 1.29 is 9.90 Å². The molecule has 2 amide bonds. The summed E-state index contributed by atoms with van der Waals surface area (Å²) in [6.07, 6.45) is 7.57. The van der Waals surface area contributed by atoms with Crippen molar-refractivity contribution in [1.29, 1.82) is 0 Å². The maximum Gasteiger partial charge on any atom is 0.319 e. The number of aliphatic hydroxyl groups excluding tert-OH is 1. The number of hydrogen-bond donors (Lipinski definition) is 3. The van der Waals surface area contributed by atoms with Crippen molar-refractivity contribution >= 4 is 11.7 Å². The normalized spacial score (nSPS) is 20.5. The van der Waals surface area contributed by atoms with Crippen molar-refractivity contribution in [3.05, 3.63) is 48.3 Å². The highest BCUT2D eigenvalue weighted by Crippen LogP contribution is 2.24. The number of aliphatic hydroxyl groups is 1. The highest BCUT2D eigenvalue weighted by Gasteiger charge is 2.25. The molecule has 1 fully saturated rings. The van der Waals surface area contributed by atoms with E-state index in [9.17, 15) is 9.90 Å². The molecular weight excluding hydrogens is 304 g/mol. The van der Waals surface area contributed by atoms with Gasteiger partial charge in [0, 0.05) is 24.8 Å². The summed E-state index contributed by atoms with van der Waals surface area (Å²) < 4.78 is 1.79. The monoisotopic (exact) mass is 328 g/mol. The molecule has 0 aliphatic heterocycles. The highest BCUT2D eigenvalue weighted by atomic mass is 16.3. The average Bonchev–Trinajstić information content (AvgIpc) is 3.03. The molecule has 1 saturated carbocycles. The molecule has 128 valence electrons. The van der Waals surface area contributed by atoms with E-state index in [1.165, 1.54) is 0 Å². The Morgan fingerprint density at radius 2 is 2.04 bits per heavy atom. The van der Waals surface area contributed by atoms with Crippen LogP contribution < -0.4 is 10.6 Å². The van der Waals surface area contributed by atoms with Gasteiger partial charge in [-0.15, -0.1) is 0 Å². The number of urea groups is 1. The molecule has 2 atom stereocenters. The van der Waals surface area contributed by atoms with Crippen LogP contribution in [0.5, 0.6) is 0 Å². The molecule has 6 heteroatoms. The van der Waals surface area contributed by atoms with Gasteiger partial charge in [-0.1, -0.05) is 43.2 Å². The topological polar surface area (TPSA) is 79.2 Å². The van der Waals surface area contributed by atoms with Crippen LogP contribution >= 0.6 is 0 Å². The van der Waals surface area contributed by atoms with Crippen molar-refractivity contribution in [3.63, 3.8) is 0 Å². The van der Waals surface area contributed by atoms with Gasteiger partial charge in [-0.3, -0.25) is 4.68 Å². The molecule has 0 spiro atoms. The lowest BCUT2D eigenvalue weighted by Crippen LogP contribution is -2.45. The molecule has 24 heavy (non-hydrogen) atoms. The van der Waals surface area contributed by atoms with Crippen molar-refractivity contribution in [3.8, 4) is 0 Å². The molecule has 3 N–H and O–H groups in total. The summed E-state index contributed by atoms with van der Waals surface area (Å²) in [5, 5.41) is 19.5. The Kier molecular flexibility index (Phi) is 5.48. The van der Waals surface area contributed by atoms with Crippen LogP contribution in [0.25, 0.3) is 0 Å². The molecule has 2 unspecified atom stereocenters. The standard InChI is InChI=1S/C18H24N4O2/c23-13-15-8-4-5-9-17(15)21-18(24)20-16-10-19-22(12-16)11-14-6-2-1-3-7-14/h1-3,6-7,10,12,15,17,23H,4-5,8-9,11,13H2,(H2,20,21,24). The van der Waals surface area contributed by atoms with E-state index in [1.807, 2.05) is 36.5 Å². The zero-order valence-corrected chi connectivity index (χ0v) is 13.7. The summed E-state index contributed by atoms with van der Waals surface area (Å²) in [4.78, 5) is 12.2. The third-order valence-electron chi connectivity index (χ3n) is 4.54. The third-order valence-corrected chi connectivity index (χ3v) is 4.54. The molecule has 2 aromatic rings. The third kappa shape index (κ3) is 4.35. The molecule has 1 aromatic carbocycles. The summed E-state index contributed by atoms with van der Waals surface area (Å²) in [6, 6.07) is 9.86. The van der Waals surface area contributed by atoms with Crippen molar-refractivity contribution in [1.82, 2.24) is 15.1 Å². The van der Waals surface area contributed by atoms with E-state index in [-0.39, 0.29) is 24.6 Å². The van der Waals surface area contributed by atoms with Gasteiger partial charge in [-0.25, -0.2) is 4.79 Å². The first-order chi connectivity index (χ1) is 11.7. The number of carbonyl (C=O) groups is 1. The van der Waals surface area contributed by atoms with Crippen LogP contribution in [0.3, 0.4) is 0 Å². The first-order valence-electron chi connectivity index (χ1n) is 8.49. The fourth-order valence-corrected chi connectivity index (χ4v) is 3.24. The molecule has 1 aliphatic rings. The molecule has 1 aliphatic carbocycles. The number of aromatic nitrogens is 2. The quantitative estimate of drug-likeness (QED) is 0.789. The summed E-state index contributed by atoms with van der Waals surface area (Å²) in [5.74, 6) is 0.158. The summed E-state index contributed by atoms with van der Waals surface area (Å²) in [5.41, 5.74) is 1.82. The lowest BCUT2D eigenvalue weighted by molar-refractivity contribution is 0.156. The Morgan fingerprint density at radius 1 is 1.25 bits per heavy atom. The smallest absolute Gasteiger partial charge is 0.319 e.